The maximum absolute atomic E-state index is 11.5. The highest BCUT2D eigenvalue weighted by Crippen LogP contribution is 2.45. The Morgan fingerprint density at radius 2 is 2.00 bits per heavy atom. The van der Waals surface area contributed by atoms with Crippen LogP contribution in [0.5, 0.6) is 0 Å². The van der Waals surface area contributed by atoms with E-state index < -0.39 is 12.2 Å². The third-order valence-electron chi connectivity index (χ3n) is 4.71. The number of hydrogen-bond donors (Lipinski definition) is 2. The van der Waals surface area contributed by atoms with E-state index in [-0.39, 0.29) is 17.8 Å². The first-order chi connectivity index (χ1) is 10.1. The molecule has 1 aromatic carbocycles. The van der Waals surface area contributed by atoms with Crippen LogP contribution in [0.4, 0.5) is 0 Å². The molecular formula is C18H20O3. The van der Waals surface area contributed by atoms with E-state index in [9.17, 15) is 15.0 Å². The normalized spacial score (nSPS) is 32.4. The van der Waals surface area contributed by atoms with Gasteiger partial charge in [0.1, 0.15) is 11.9 Å². The van der Waals surface area contributed by atoms with Crippen LogP contribution in [0.25, 0.3) is 0 Å². The summed E-state index contributed by atoms with van der Waals surface area (Å²) in [6.07, 6.45) is 1.27. The molecule has 0 spiro atoms. The van der Waals surface area contributed by atoms with Gasteiger partial charge in [0.2, 0.25) is 0 Å². The molecule has 0 amide bonds. The van der Waals surface area contributed by atoms with E-state index in [1.54, 1.807) is 0 Å². The van der Waals surface area contributed by atoms with Gasteiger partial charge in [0, 0.05) is 18.8 Å². The fraction of sp³-hybridized carbons (Fsp3) is 0.500. The van der Waals surface area contributed by atoms with Crippen LogP contribution < -0.4 is 0 Å². The van der Waals surface area contributed by atoms with Crippen molar-refractivity contribution >= 4 is 5.78 Å². The van der Waals surface area contributed by atoms with E-state index in [2.05, 4.69) is 11.8 Å². The molecule has 3 heteroatoms. The fourth-order valence-electron chi connectivity index (χ4n) is 3.46. The van der Waals surface area contributed by atoms with Gasteiger partial charge in [-0.1, -0.05) is 42.2 Å². The van der Waals surface area contributed by atoms with Crippen molar-refractivity contribution in [1.82, 2.24) is 0 Å². The average molecular weight is 284 g/mol. The lowest BCUT2D eigenvalue weighted by Crippen LogP contribution is -2.49. The minimum Gasteiger partial charge on any atom is -0.392 e. The third kappa shape index (κ3) is 3.02. The molecule has 0 aromatic heterocycles. The lowest BCUT2D eigenvalue weighted by atomic mass is 9.59. The molecule has 2 fully saturated rings. The quantitative estimate of drug-likeness (QED) is 0.811. The van der Waals surface area contributed by atoms with E-state index in [1.165, 1.54) is 0 Å². The van der Waals surface area contributed by atoms with Crippen LogP contribution in [0, 0.1) is 29.6 Å². The monoisotopic (exact) mass is 284 g/mol. The van der Waals surface area contributed by atoms with Crippen LogP contribution in [-0.4, -0.2) is 28.2 Å². The lowest BCUT2D eigenvalue weighted by molar-refractivity contribution is -0.141. The van der Waals surface area contributed by atoms with Gasteiger partial charge in [0.15, 0.2) is 0 Å². The van der Waals surface area contributed by atoms with Crippen LogP contribution in [0.15, 0.2) is 30.3 Å². The number of Topliss-reactive ketones (excluding diaryl/α,β-unsaturated/α-hetero) is 1. The number of aliphatic hydroxyl groups is 2. The van der Waals surface area contributed by atoms with Crippen molar-refractivity contribution in [3.63, 3.8) is 0 Å². The smallest absolute Gasteiger partial charge is 0.136 e. The molecule has 3 nitrogen and oxygen atoms in total. The van der Waals surface area contributed by atoms with E-state index in [0.717, 1.165) is 12.0 Å². The van der Waals surface area contributed by atoms with Crippen LogP contribution in [0.3, 0.4) is 0 Å². The summed E-state index contributed by atoms with van der Waals surface area (Å²) < 4.78 is 0. The lowest BCUT2D eigenvalue weighted by Gasteiger charge is -2.44. The van der Waals surface area contributed by atoms with Crippen molar-refractivity contribution in [2.45, 2.75) is 37.9 Å². The SMILES string of the molecule is O=C1C[C@H]2[C@H](C#C[C@@H](O)Cc3ccccc3)[C@@H](O)CC[C@@H]12. The Morgan fingerprint density at radius 3 is 2.71 bits per heavy atom. The Balaban J connectivity index is 1.64. The van der Waals surface area contributed by atoms with E-state index in [0.29, 0.717) is 25.0 Å². The van der Waals surface area contributed by atoms with Gasteiger partial charge in [0.25, 0.3) is 0 Å². The maximum atomic E-state index is 11.5. The second-order valence-electron chi connectivity index (χ2n) is 6.11. The van der Waals surface area contributed by atoms with E-state index in [4.69, 9.17) is 0 Å². The third-order valence-corrected chi connectivity index (χ3v) is 4.71. The van der Waals surface area contributed by atoms with E-state index >= 15 is 0 Å². The van der Waals surface area contributed by atoms with Gasteiger partial charge in [-0.25, -0.2) is 0 Å². The average Bonchev–Trinajstić information content (AvgIpc) is 2.46. The highest BCUT2D eigenvalue weighted by Gasteiger charge is 2.48. The number of carbonyl (C=O) groups excluding carboxylic acids is 1. The number of ketones is 1. The molecule has 0 saturated heterocycles. The van der Waals surface area contributed by atoms with Crippen molar-refractivity contribution in [2.75, 3.05) is 0 Å². The van der Waals surface area contributed by atoms with Crippen molar-refractivity contribution in [3.05, 3.63) is 35.9 Å². The summed E-state index contributed by atoms with van der Waals surface area (Å²) in [5, 5.41) is 20.1. The fourth-order valence-corrected chi connectivity index (χ4v) is 3.46. The minimum absolute atomic E-state index is 0.0963. The van der Waals surface area contributed by atoms with E-state index in [1.807, 2.05) is 30.3 Å². The Bertz CT molecular complexity index is 569. The Hall–Kier alpha value is -1.63. The molecule has 21 heavy (non-hydrogen) atoms. The summed E-state index contributed by atoms with van der Waals surface area (Å²) in [6.45, 7) is 0. The summed E-state index contributed by atoms with van der Waals surface area (Å²) in [7, 11) is 0. The first-order valence-electron chi connectivity index (χ1n) is 7.59. The van der Waals surface area contributed by atoms with Gasteiger partial charge in [-0.3, -0.25) is 4.79 Å². The molecule has 5 atom stereocenters. The van der Waals surface area contributed by atoms with Gasteiger partial charge in [0.05, 0.1) is 12.0 Å². The molecule has 2 saturated carbocycles. The van der Waals surface area contributed by atoms with Gasteiger partial charge in [-0.15, -0.1) is 0 Å². The number of aliphatic hydroxyl groups excluding tert-OH is 2. The molecule has 110 valence electrons. The maximum Gasteiger partial charge on any atom is 0.136 e. The predicted octanol–water partition coefficient (Wildman–Crippen LogP) is 1.57. The number of hydrogen-bond acceptors (Lipinski definition) is 3. The Kier molecular flexibility index (Phi) is 4.10. The molecule has 2 aliphatic carbocycles. The summed E-state index contributed by atoms with van der Waals surface area (Å²) >= 11 is 0. The molecule has 2 N–H and O–H groups in total. The van der Waals surface area contributed by atoms with Gasteiger partial charge in [-0.05, 0) is 24.3 Å². The zero-order chi connectivity index (χ0) is 14.8. The molecule has 0 radical (unpaired) electrons. The second kappa shape index (κ2) is 6.01. The summed E-state index contributed by atoms with van der Waals surface area (Å²) in [4.78, 5) is 11.5. The topological polar surface area (TPSA) is 57.5 Å². The molecule has 1 aromatic rings. The standard InChI is InChI=1S/C18H20O3/c19-13(10-12-4-2-1-3-5-12)6-7-14-16-11-18(21)15(16)8-9-17(14)20/h1-5,13-17,19-20H,8-11H2/t13-,14+,15-,16+,17+/m1/s1. The molecule has 0 unspecified atom stereocenters. The molecular weight excluding hydrogens is 264 g/mol. The molecule has 0 heterocycles. The molecule has 0 aliphatic heterocycles. The first kappa shape index (κ1) is 14.3. The zero-order valence-corrected chi connectivity index (χ0v) is 11.9. The highest BCUT2D eigenvalue weighted by molar-refractivity contribution is 5.87. The van der Waals surface area contributed by atoms with Crippen molar-refractivity contribution < 1.29 is 15.0 Å². The van der Waals surface area contributed by atoms with Crippen molar-refractivity contribution in [3.8, 4) is 11.8 Å². The predicted molar refractivity (Wildman–Crippen MR) is 79.3 cm³/mol. The number of benzene rings is 1. The van der Waals surface area contributed by atoms with Crippen molar-refractivity contribution in [1.29, 1.82) is 0 Å². The Morgan fingerprint density at radius 1 is 1.24 bits per heavy atom. The highest BCUT2D eigenvalue weighted by atomic mass is 16.3. The van der Waals surface area contributed by atoms with Crippen LogP contribution >= 0.6 is 0 Å². The van der Waals surface area contributed by atoms with Crippen LogP contribution in [-0.2, 0) is 11.2 Å². The minimum atomic E-state index is -0.726. The number of fused-ring (bicyclic) bond motifs is 1. The van der Waals surface area contributed by atoms with Crippen molar-refractivity contribution in [2.24, 2.45) is 17.8 Å². The zero-order valence-electron chi connectivity index (χ0n) is 11.9. The number of carbonyl (C=O) groups is 1. The molecule has 0 bridgehead atoms. The van der Waals surface area contributed by atoms with Crippen LogP contribution in [0.2, 0.25) is 0 Å². The van der Waals surface area contributed by atoms with Crippen LogP contribution in [0.1, 0.15) is 24.8 Å². The second-order valence-corrected chi connectivity index (χ2v) is 6.11. The molecule has 2 aliphatic rings. The first-order valence-corrected chi connectivity index (χ1v) is 7.59. The van der Waals surface area contributed by atoms with Gasteiger partial charge >= 0.3 is 0 Å². The summed E-state index contributed by atoms with van der Waals surface area (Å²) in [6, 6.07) is 9.73. The van der Waals surface area contributed by atoms with Gasteiger partial charge < -0.3 is 10.2 Å². The number of rotatable bonds is 2. The summed E-state index contributed by atoms with van der Waals surface area (Å²) in [5.41, 5.74) is 1.04. The summed E-state index contributed by atoms with van der Waals surface area (Å²) in [5.74, 6) is 6.34. The Labute approximate surface area is 125 Å². The largest absolute Gasteiger partial charge is 0.392 e. The van der Waals surface area contributed by atoms with Gasteiger partial charge in [-0.2, -0.15) is 0 Å². The molecule has 3 rings (SSSR count).